The van der Waals surface area contributed by atoms with Crippen LogP contribution in [0.3, 0.4) is 0 Å². The van der Waals surface area contributed by atoms with Crippen LogP contribution in [0.25, 0.3) is 11.3 Å². The molecule has 0 bridgehead atoms. The first-order valence-corrected chi connectivity index (χ1v) is 5.29. The van der Waals surface area contributed by atoms with Gasteiger partial charge in [0.1, 0.15) is 17.3 Å². The Bertz CT molecular complexity index is 525. The summed E-state index contributed by atoms with van der Waals surface area (Å²) in [5, 5.41) is 3.73. The summed E-state index contributed by atoms with van der Waals surface area (Å²) < 4.78 is 31.2. The summed E-state index contributed by atoms with van der Waals surface area (Å²) >= 11 is 0. The number of nitrogens with zero attached hydrogens (tertiary/aromatic N) is 1. The second kappa shape index (κ2) is 4.63. The molecule has 0 aliphatic heterocycles. The molecule has 17 heavy (non-hydrogen) atoms. The molecule has 0 saturated carbocycles. The predicted octanol–water partition coefficient (Wildman–Crippen LogP) is 3.03. The molecule has 0 fully saturated rings. The Balaban J connectivity index is 2.37. The van der Waals surface area contributed by atoms with Gasteiger partial charge in [0.05, 0.1) is 6.04 Å². The Hall–Kier alpha value is -1.75. The quantitative estimate of drug-likeness (QED) is 0.894. The van der Waals surface area contributed by atoms with E-state index in [-0.39, 0.29) is 11.6 Å². The molecule has 2 N–H and O–H groups in total. The standard InChI is InChI=1S/C12H12F2N2O/c1-2-10(15)12-6-11(16-17-12)8-4-3-7(13)5-9(8)14/h3-6,10H,2,15H2,1H3. The number of hydrogen-bond acceptors (Lipinski definition) is 3. The lowest BCUT2D eigenvalue weighted by Crippen LogP contribution is -2.06. The van der Waals surface area contributed by atoms with Crippen molar-refractivity contribution in [3.05, 3.63) is 41.7 Å². The van der Waals surface area contributed by atoms with E-state index in [1.807, 2.05) is 6.92 Å². The van der Waals surface area contributed by atoms with Crippen LogP contribution in [-0.4, -0.2) is 5.16 Å². The van der Waals surface area contributed by atoms with E-state index in [1.165, 1.54) is 12.1 Å². The maximum Gasteiger partial charge on any atom is 0.154 e. The lowest BCUT2D eigenvalue weighted by Gasteiger charge is -2.00. The number of benzene rings is 1. The van der Waals surface area contributed by atoms with Crippen LogP contribution in [0.1, 0.15) is 25.1 Å². The van der Waals surface area contributed by atoms with Gasteiger partial charge in [0.25, 0.3) is 0 Å². The van der Waals surface area contributed by atoms with Gasteiger partial charge in [-0.15, -0.1) is 0 Å². The van der Waals surface area contributed by atoms with Crippen molar-refractivity contribution in [3.63, 3.8) is 0 Å². The fourth-order valence-electron chi connectivity index (χ4n) is 1.49. The molecule has 2 aromatic rings. The van der Waals surface area contributed by atoms with Gasteiger partial charge in [-0.2, -0.15) is 0 Å². The van der Waals surface area contributed by atoms with E-state index < -0.39 is 11.6 Å². The van der Waals surface area contributed by atoms with Crippen molar-refractivity contribution in [2.75, 3.05) is 0 Å². The maximum absolute atomic E-state index is 13.5. The second-order valence-corrected chi connectivity index (χ2v) is 3.75. The first-order chi connectivity index (χ1) is 8.11. The molecule has 0 amide bonds. The van der Waals surface area contributed by atoms with Gasteiger partial charge in [0, 0.05) is 17.7 Å². The van der Waals surface area contributed by atoms with Crippen LogP contribution in [0.4, 0.5) is 8.78 Å². The molecule has 0 saturated heterocycles. The molecule has 1 atom stereocenters. The highest BCUT2D eigenvalue weighted by molar-refractivity contribution is 5.59. The topological polar surface area (TPSA) is 52.0 Å². The fourth-order valence-corrected chi connectivity index (χ4v) is 1.49. The van der Waals surface area contributed by atoms with Gasteiger partial charge < -0.3 is 10.3 Å². The minimum Gasteiger partial charge on any atom is -0.359 e. The van der Waals surface area contributed by atoms with Gasteiger partial charge in [0.15, 0.2) is 5.76 Å². The van der Waals surface area contributed by atoms with Crippen LogP contribution in [0, 0.1) is 11.6 Å². The smallest absolute Gasteiger partial charge is 0.154 e. The Morgan fingerprint density at radius 3 is 2.76 bits per heavy atom. The van der Waals surface area contributed by atoms with Crippen LogP contribution < -0.4 is 5.73 Å². The summed E-state index contributed by atoms with van der Waals surface area (Å²) in [7, 11) is 0. The number of rotatable bonds is 3. The van der Waals surface area contributed by atoms with Gasteiger partial charge in [-0.05, 0) is 18.6 Å². The van der Waals surface area contributed by atoms with E-state index in [9.17, 15) is 8.78 Å². The van der Waals surface area contributed by atoms with Gasteiger partial charge in [-0.1, -0.05) is 12.1 Å². The van der Waals surface area contributed by atoms with E-state index in [4.69, 9.17) is 10.3 Å². The first kappa shape index (κ1) is 11.7. The molecule has 0 aliphatic carbocycles. The van der Waals surface area contributed by atoms with Gasteiger partial charge in [0.2, 0.25) is 0 Å². The van der Waals surface area contributed by atoms with Crippen LogP contribution in [-0.2, 0) is 0 Å². The minimum atomic E-state index is -0.671. The van der Waals surface area contributed by atoms with E-state index in [0.29, 0.717) is 17.9 Å². The molecule has 1 aromatic carbocycles. The number of nitrogens with two attached hydrogens (primary N) is 1. The molecule has 0 radical (unpaired) electrons. The van der Waals surface area contributed by atoms with E-state index in [1.54, 1.807) is 6.07 Å². The van der Waals surface area contributed by atoms with Crippen molar-refractivity contribution in [1.29, 1.82) is 0 Å². The molecule has 1 heterocycles. The molecule has 3 nitrogen and oxygen atoms in total. The monoisotopic (exact) mass is 238 g/mol. The summed E-state index contributed by atoms with van der Waals surface area (Å²) in [5.74, 6) is -0.804. The maximum atomic E-state index is 13.5. The first-order valence-electron chi connectivity index (χ1n) is 5.29. The number of halogens is 2. The SMILES string of the molecule is CCC(N)c1cc(-c2ccc(F)cc2F)no1. The molecule has 90 valence electrons. The summed E-state index contributed by atoms with van der Waals surface area (Å²) in [5.41, 5.74) is 6.28. The molecular weight excluding hydrogens is 226 g/mol. The van der Waals surface area contributed by atoms with Crippen LogP contribution >= 0.6 is 0 Å². The average Bonchev–Trinajstić information content (AvgIpc) is 2.77. The Labute approximate surface area is 97.2 Å². The summed E-state index contributed by atoms with van der Waals surface area (Å²) in [6.45, 7) is 1.91. The lowest BCUT2D eigenvalue weighted by atomic mass is 10.1. The highest BCUT2D eigenvalue weighted by Gasteiger charge is 2.14. The van der Waals surface area contributed by atoms with Crippen molar-refractivity contribution < 1.29 is 13.3 Å². The van der Waals surface area contributed by atoms with Crippen molar-refractivity contribution in [2.24, 2.45) is 5.73 Å². The Kier molecular flexibility index (Phi) is 3.19. The Morgan fingerprint density at radius 1 is 1.35 bits per heavy atom. The van der Waals surface area contributed by atoms with Crippen LogP contribution in [0.15, 0.2) is 28.8 Å². The molecule has 2 rings (SSSR count). The fraction of sp³-hybridized carbons (Fsp3) is 0.250. The highest BCUT2D eigenvalue weighted by atomic mass is 19.1. The lowest BCUT2D eigenvalue weighted by molar-refractivity contribution is 0.360. The van der Waals surface area contributed by atoms with Crippen molar-refractivity contribution in [1.82, 2.24) is 5.16 Å². The van der Waals surface area contributed by atoms with Gasteiger partial charge in [-0.3, -0.25) is 0 Å². The summed E-state index contributed by atoms with van der Waals surface area (Å²) in [6, 6.07) is 4.62. The third kappa shape index (κ3) is 2.34. The highest BCUT2D eigenvalue weighted by Crippen LogP contribution is 2.25. The van der Waals surface area contributed by atoms with Crippen molar-refractivity contribution in [3.8, 4) is 11.3 Å². The van der Waals surface area contributed by atoms with Crippen molar-refractivity contribution >= 4 is 0 Å². The van der Waals surface area contributed by atoms with Crippen LogP contribution in [0.2, 0.25) is 0 Å². The largest absolute Gasteiger partial charge is 0.359 e. The number of aromatic nitrogens is 1. The molecule has 5 heteroatoms. The minimum absolute atomic E-state index is 0.199. The van der Waals surface area contributed by atoms with E-state index in [0.717, 1.165) is 6.07 Å². The van der Waals surface area contributed by atoms with E-state index >= 15 is 0 Å². The molecular formula is C12H12F2N2O. The molecule has 0 spiro atoms. The molecule has 1 aromatic heterocycles. The summed E-state index contributed by atoms with van der Waals surface area (Å²) in [4.78, 5) is 0. The number of hydrogen-bond donors (Lipinski definition) is 1. The zero-order valence-electron chi connectivity index (χ0n) is 9.28. The zero-order chi connectivity index (χ0) is 12.4. The normalized spacial score (nSPS) is 12.7. The zero-order valence-corrected chi connectivity index (χ0v) is 9.28. The van der Waals surface area contributed by atoms with Crippen molar-refractivity contribution in [2.45, 2.75) is 19.4 Å². The van der Waals surface area contributed by atoms with E-state index in [2.05, 4.69) is 5.16 Å². The average molecular weight is 238 g/mol. The predicted molar refractivity (Wildman–Crippen MR) is 59.1 cm³/mol. The molecule has 0 aliphatic rings. The Morgan fingerprint density at radius 2 is 2.12 bits per heavy atom. The summed E-state index contributed by atoms with van der Waals surface area (Å²) in [6.07, 6.45) is 0.695. The van der Waals surface area contributed by atoms with Crippen LogP contribution in [0.5, 0.6) is 0 Å². The molecule has 1 unspecified atom stereocenters. The third-order valence-electron chi connectivity index (χ3n) is 2.54. The van der Waals surface area contributed by atoms with Gasteiger partial charge in [-0.25, -0.2) is 8.78 Å². The second-order valence-electron chi connectivity index (χ2n) is 3.75. The third-order valence-corrected chi connectivity index (χ3v) is 2.54. The van der Waals surface area contributed by atoms with Gasteiger partial charge >= 0.3 is 0 Å².